The van der Waals surface area contributed by atoms with Crippen LogP contribution in [0.4, 0.5) is 4.39 Å². The minimum Gasteiger partial charge on any atom is -0.481 e. The Morgan fingerprint density at radius 1 is 0.953 bits per heavy atom. The van der Waals surface area contributed by atoms with Gasteiger partial charge in [-0.25, -0.2) is 9.37 Å². The second-order valence-electron chi connectivity index (χ2n) is 9.09. The second kappa shape index (κ2) is 15.3. The van der Waals surface area contributed by atoms with Crippen LogP contribution in [0, 0.1) is 17.1 Å². The molecule has 43 heavy (non-hydrogen) atoms. The summed E-state index contributed by atoms with van der Waals surface area (Å²) in [7, 11) is 3.09. The van der Waals surface area contributed by atoms with E-state index in [2.05, 4.69) is 9.97 Å². The number of aliphatic carboxylic acids is 1. The molecule has 0 atom stereocenters. The number of aromatic amines is 1. The van der Waals surface area contributed by atoms with E-state index in [0.717, 1.165) is 0 Å². The summed E-state index contributed by atoms with van der Waals surface area (Å²) in [6, 6.07) is 12.4. The maximum absolute atomic E-state index is 14.6. The molecule has 11 nitrogen and oxygen atoms in total. The molecule has 0 fully saturated rings. The van der Waals surface area contributed by atoms with Crippen LogP contribution in [0.3, 0.4) is 0 Å². The normalized spacial score (nSPS) is 11.0. The topological polar surface area (TPSA) is 145 Å². The SMILES string of the molecule is COCCOCOc1cc(CC(=O)O)c(-c2cc(F)ccc2OCOCCOC)cc1-c1cc2nc(C#N)c(Cl)cc2[nH]1. The molecule has 13 heteroatoms. The first kappa shape index (κ1) is 31.7. The van der Waals surface area contributed by atoms with Crippen LogP contribution in [0.5, 0.6) is 11.5 Å². The zero-order valence-corrected chi connectivity index (χ0v) is 24.2. The predicted molar refractivity (Wildman–Crippen MR) is 155 cm³/mol. The molecule has 0 saturated carbocycles. The fourth-order valence-electron chi connectivity index (χ4n) is 4.22. The molecular formula is C30H29ClFN3O8. The number of methoxy groups -OCH3 is 2. The largest absolute Gasteiger partial charge is 0.481 e. The first-order chi connectivity index (χ1) is 20.8. The van der Waals surface area contributed by atoms with Gasteiger partial charge in [0.25, 0.3) is 0 Å². The Labute approximate surface area is 251 Å². The van der Waals surface area contributed by atoms with Gasteiger partial charge >= 0.3 is 5.97 Å². The van der Waals surface area contributed by atoms with E-state index >= 15 is 0 Å². The number of ether oxygens (including phenoxy) is 6. The molecule has 0 aliphatic rings. The Kier molecular flexibility index (Phi) is 11.3. The average Bonchev–Trinajstić information content (AvgIpc) is 3.39. The number of halogens is 2. The van der Waals surface area contributed by atoms with Crippen LogP contribution in [0.1, 0.15) is 11.3 Å². The number of aromatic nitrogens is 2. The molecule has 2 aromatic carbocycles. The number of nitrogens with zero attached hydrogens (tertiary/aromatic N) is 2. The molecule has 4 rings (SSSR count). The first-order valence-electron chi connectivity index (χ1n) is 13.0. The summed E-state index contributed by atoms with van der Waals surface area (Å²) in [5.74, 6) is -1.09. The van der Waals surface area contributed by atoms with Gasteiger partial charge in [0, 0.05) is 25.3 Å². The molecule has 226 valence electrons. The van der Waals surface area contributed by atoms with E-state index in [0.29, 0.717) is 52.2 Å². The fraction of sp³-hybridized carbons (Fsp3) is 0.300. The van der Waals surface area contributed by atoms with Crippen molar-refractivity contribution >= 4 is 28.6 Å². The highest BCUT2D eigenvalue weighted by molar-refractivity contribution is 6.32. The molecule has 4 aromatic rings. The summed E-state index contributed by atoms with van der Waals surface area (Å²) >= 11 is 6.20. The average molecular weight is 614 g/mol. The van der Waals surface area contributed by atoms with E-state index in [9.17, 15) is 19.6 Å². The van der Waals surface area contributed by atoms with Gasteiger partial charge in [0.2, 0.25) is 0 Å². The molecule has 0 amide bonds. The third-order valence-corrected chi connectivity index (χ3v) is 6.48. The van der Waals surface area contributed by atoms with Crippen LogP contribution in [0.2, 0.25) is 5.02 Å². The smallest absolute Gasteiger partial charge is 0.307 e. The Morgan fingerprint density at radius 2 is 1.65 bits per heavy atom. The highest BCUT2D eigenvalue weighted by atomic mass is 35.5. The van der Waals surface area contributed by atoms with Crippen molar-refractivity contribution in [3.05, 3.63) is 64.6 Å². The highest BCUT2D eigenvalue weighted by Crippen LogP contribution is 2.41. The lowest BCUT2D eigenvalue weighted by Gasteiger charge is -2.19. The van der Waals surface area contributed by atoms with Gasteiger partial charge in [-0.15, -0.1) is 0 Å². The van der Waals surface area contributed by atoms with Gasteiger partial charge in [-0.3, -0.25) is 4.79 Å². The Balaban J connectivity index is 1.85. The fourth-order valence-corrected chi connectivity index (χ4v) is 4.41. The number of carboxylic acids is 1. The maximum atomic E-state index is 14.6. The van der Waals surface area contributed by atoms with Crippen LogP contribution < -0.4 is 9.47 Å². The molecular weight excluding hydrogens is 585 g/mol. The van der Waals surface area contributed by atoms with Gasteiger partial charge in [0.05, 0.1) is 54.6 Å². The van der Waals surface area contributed by atoms with Crippen molar-refractivity contribution in [3.63, 3.8) is 0 Å². The molecule has 2 heterocycles. The number of fused-ring (bicyclic) bond motifs is 1. The van der Waals surface area contributed by atoms with Crippen LogP contribution >= 0.6 is 11.6 Å². The number of hydrogen-bond donors (Lipinski definition) is 2. The van der Waals surface area contributed by atoms with Gasteiger partial charge < -0.3 is 38.5 Å². The monoisotopic (exact) mass is 613 g/mol. The lowest BCUT2D eigenvalue weighted by molar-refractivity contribution is -0.136. The predicted octanol–water partition coefficient (Wildman–Crippen LogP) is 5.19. The molecule has 0 bridgehead atoms. The van der Waals surface area contributed by atoms with Gasteiger partial charge in [0.15, 0.2) is 19.3 Å². The molecule has 2 aromatic heterocycles. The number of carbonyl (C=O) groups is 1. The van der Waals surface area contributed by atoms with Gasteiger partial charge in [-0.2, -0.15) is 5.26 Å². The van der Waals surface area contributed by atoms with E-state index < -0.39 is 18.2 Å². The standard InChI is InChI=1S/C30H29ClFN3O8/c1-38-5-7-40-16-42-28-4-3-19(32)11-21(28)20-12-22(24-14-26-25(34-24)13-23(31)27(15-33)35-26)29(9-18(20)10-30(36)37)43-17-41-8-6-39-2/h3-4,9,11-14,34H,5-8,10,16-17H2,1-2H3,(H,36,37). The zero-order valence-electron chi connectivity index (χ0n) is 23.4. The number of nitrogens with one attached hydrogen (secondary N) is 1. The van der Waals surface area contributed by atoms with Crippen molar-refractivity contribution in [1.29, 1.82) is 5.26 Å². The van der Waals surface area contributed by atoms with Crippen LogP contribution in [0.25, 0.3) is 33.4 Å². The summed E-state index contributed by atoms with van der Waals surface area (Å²) < 4.78 is 47.2. The summed E-state index contributed by atoms with van der Waals surface area (Å²) in [5, 5.41) is 19.3. The Bertz CT molecular complexity index is 1620. The number of benzene rings is 2. The lowest BCUT2D eigenvalue weighted by atomic mass is 9.93. The van der Waals surface area contributed by atoms with Crippen LogP contribution in [0.15, 0.2) is 42.5 Å². The molecule has 0 spiro atoms. The lowest BCUT2D eigenvalue weighted by Crippen LogP contribution is -2.10. The van der Waals surface area contributed by atoms with Gasteiger partial charge in [-0.05, 0) is 53.6 Å². The van der Waals surface area contributed by atoms with Gasteiger partial charge in [-0.1, -0.05) is 11.6 Å². The van der Waals surface area contributed by atoms with Gasteiger partial charge in [0.1, 0.15) is 23.4 Å². The van der Waals surface area contributed by atoms with Crippen molar-refractivity contribution in [2.45, 2.75) is 6.42 Å². The van der Waals surface area contributed by atoms with Crippen molar-refractivity contribution < 1.29 is 42.7 Å². The number of hydrogen-bond acceptors (Lipinski definition) is 9. The van der Waals surface area contributed by atoms with Crippen molar-refractivity contribution in [3.8, 4) is 40.0 Å². The summed E-state index contributed by atoms with van der Waals surface area (Å²) in [6.07, 6.45) is -0.397. The zero-order chi connectivity index (χ0) is 30.8. The van der Waals surface area contributed by atoms with Crippen molar-refractivity contribution in [2.75, 3.05) is 54.2 Å². The maximum Gasteiger partial charge on any atom is 0.307 e. The third-order valence-electron chi connectivity index (χ3n) is 6.19. The number of H-pyrrole nitrogens is 1. The van der Waals surface area contributed by atoms with Crippen LogP contribution in [-0.2, 0) is 30.2 Å². The number of rotatable bonds is 16. The second-order valence-corrected chi connectivity index (χ2v) is 9.50. The van der Waals surface area contributed by atoms with E-state index in [1.165, 1.54) is 18.2 Å². The Morgan fingerprint density at radius 3 is 2.30 bits per heavy atom. The molecule has 0 saturated heterocycles. The molecule has 0 aliphatic carbocycles. The summed E-state index contributed by atoms with van der Waals surface area (Å²) in [4.78, 5) is 19.4. The molecule has 0 aliphatic heterocycles. The minimum atomic E-state index is -1.11. The minimum absolute atomic E-state index is 0.0643. The number of pyridine rings is 1. The van der Waals surface area contributed by atoms with E-state index in [4.69, 9.17) is 40.0 Å². The number of nitriles is 1. The third kappa shape index (κ3) is 8.19. The summed E-state index contributed by atoms with van der Waals surface area (Å²) in [5.41, 5.74) is 3.12. The highest BCUT2D eigenvalue weighted by Gasteiger charge is 2.21. The van der Waals surface area contributed by atoms with Crippen molar-refractivity contribution in [1.82, 2.24) is 9.97 Å². The quantitative estimate of drug-likeness (QED) is 0.128. The van der Waals surface area contributed by atoms with E-state index in [1.54, 1.807) is 38.5 Å². The summed E-state index contributed by atoms with van der Waals surface area (Å²) in [6.45, 7) is 0.979. The molecule has 2 N–H and O–H groups in total. The molecule has 0 unspecified atom stereocenters. The molecule has 0 radical (unpaired) electrons. The Hall–Kier alpha value is -4.25. The van der Waals surface area contributed by atoms with Crippen molar-refractivity contribution in [2.24, 2.45) is 0 Å². The number of carboxylic acid groups (broad SMARTS) is 1. The van der Waals surface area contributed by atoms with E-state index in [1.807, 2.05) is 6.07 Å². The van der Waals surface area contributed by atoms with Crippen LogP contribution in [-0.4, -0.2) is 75.3 Å². The first-order valence-corrected chi connectivity index (χ1v) is 13.4. The van der Waals surface area contributed by atoms with E-state index in [-0.39, 0.29) is 49.0 Å².